The van der Waals surface area contributed by atoms with Gasteiger partial charge < -0.3 is 5.32 Å². The van der Waals surface area contributed by atoms with Crippen LogP contribution in [0.25, 0.3) is 0 Å². The molecule has 0 saturated carbocycles. The van der Waals surface area contributed by atoms with Crippen molar-refractivity contribution >= 4 is 11.3 Å². The SMILES string of the molecule is CC(C)(C)c1csc(Cn2cc([C@@H]3CCCNC3)nn2)n1. The molecule has 1 atom stereocenters. The Kier molecular flexibility index (Phi) is 4.08. The summed E-state index contributed by atoms with van der Waals surface area (Å²) in [5.41, 5.74) is 2.37. The summed E-state index contributed by atoms with van der Waals surface area (Å²) in [7, 11) is 0. The molecule has 2 aromatic heterocycles. The third-order valence-electron chi connectivity index (χ3n) is 3.89. The van der Waals surface area contributed by atoms with Gasteiger partial charge in [-0.1, -0.05) is 26.0 Å². The van der Waals surface area contributed by atoms with Crippen LogP contribution in [0.15, 0.2) is 11.6 Å². The molecule has 3 heterocycles. The van der Waals surface area contributed by atoms with E-state index in [4.69, 9.17) is 4.98 Å². The zero-order valence-corrected chi connectivity index (χ0v) is 13.8. The number of rotatable bonds is 3. The maximum Gasteiger partial charge on any atom is 0.114 e. The molecular formula is C15H23N5S. The molecule has 1 saturated heterocycles. The number of aromatic nitrogens is 4. The van der Waals surface area contributed by atoms with E-state index in [1.807, 2.05) is 4.68 Å². The van der Waals surface area contributed by atoms with Crippen LogP contribution in [0.1, 0.15) is 55.9 Å². The van der Waals surface area contributed by atoms with Crippen molar-refractivity contribution in [3.8, 4) is 0 Å². The fourth-order valence-corrected chi connectivity index (χ4v) is 3.56. The summed E-state index contributed by atoms with van der Waals surface area (Å²) in [4.78, 5) is 4.72. The number of piperidine rings is 1. The Bertz CT molecular complexity index is 589. The summed E-state index contributed by atoms with van der Waals surface area (Å²) < 4.78 is 1.91. The highest BCUT2D eigenvalue weighted by molar-refractivity contribution is 7.09. The van der Waals surface area contributed by atoms with E-state index in [-0.39, 0.29) is 5.41 Å². The molecule has 0 radical (unpaired) electrons. The largest absolute Gasteiger partial charge is 0.316 e. The Labute approximate surface area is 129 Å². The molecule has 114 valence electrons. The Morgan fingerprint density at radius 1 is 1.43 bits per heavy atom. The van der Waals surface area contributed by atoms with Crippen LogP contribution >= 0.6 is 11.3 Å². The van der Waals surface area contributed by atoms with E-state index in [0.717, 1.165) is 29.5 Å². The summed E-state index contributed by atoms with van der Waals surface area (Å²) >= 11 is 1.70. The molecule has 1 N–H and O–H groups in total. The molecule has 21 heavy (non-hydrogen) atoms. The second kappa shape index (κ2) is 5.85. The fourth-order valence-electron chi connectivity index (χ4n) is 2.55. The van der Waals surface area contributed by atoms with Gasteiger partial charge in [0, 0.05) is 29.5 Å². The third kappa shape index (κ3) is 3.49. The molecule has 5 nitrogen and oxygen atoms in total. The first-order valence-corrected chi connectivity index (χ1v) is 8.46. The van der Waals surface area contributed by atoms with Gasteiger partial charge in [0.2, 0.25) is 0 Å². The van der Waals surface area contributed by atoms with Gasteiger partial charge in [-0.25, -0.2) is 9.67 Å². The average Bonchev–Trinajstić information content (AvgIpc) is 3.09. The molecule has 0 spiro atoms. The highest BCUT2D eigenvalue weighted by atomic mass is 32.1. The highest BCUT2D eigenvalue weighted by Gasteiger charge is 2.20. The first-order valence-electron chi connectivity index (χ1n) is 7.58. The Morgan fingerprint density at radius 2 is 2.29 bits per heavy atom. The summed E-state index contributed by atoms with van der Waals surface area (Å²) in [5.74, 6) is 0.508. The van der Waals surface area contributed by atoms with Crippen molar-refractivity contribution in [1.82, 2.24) is 25.3 Å². The maximum absolute atomic E-state index is 4.72. The minimum absolute atomic E-state index is 0.107. The van der Waals surface area contributed by atoms with Crippen LogP contribution in [0.5, 0.6) is 0 Å². The van der Waals surface area contributed by atoms with Gasteiger partial charge in [-0.15, -0.1) is 16.4 Å². The van der Waals surface area contributed by atoms with E-state index in [0.29, 0.717) is 12.5 Å². The minimum Gasteiger partial charge on any atom is -0.316 e. The van der Waals surface area contributed by atoms with Gasteiger partial charge >= 0.3 is 0 Å². The number of hydrogen-bond donors (Lipinski definition) is 1. The maximum atomic E-state index is 4.72. The zero-order valence-electron chi connectivity index (χ0n) is 13.0. The van der Waals surface area contributed by atoms with Crippen molar-refractivity contribution in [2.45, 2.75) is 51.5 Å². The molecule has 1 fully saturated rings. The predicted molar refractivity (Wildman–Crippen MR) is 84.8 cm³/mol. The van der Waals surface area contributed by atoms with Gasteiger partial charge in [0.1, 0.15) is 5.01 Å². The standard InChI is InChI=1S/C15H23N5S/c1-15(2,3)13-10-21-14(17-13)9-20-8-12(18-19-20)11-5-4-6-16-7-11/h8,10-11,16H,4-7,9H2,1-3H3/t11-/m1/s1. The van der Waals surface area contributed by atoms with Crippen LogP contribution in [0.2, 0.25) is 0 Å². The third-order valence-corrected chi connectivity index (χ3v) is 4.72. The van der Waals surface area contributed by atoms with Gasteiger partial charge in [-0.3, -0.25) is 0 Å². The first-order chi connectivity index (χ1) is 10.0. The van der Waals surface area contributed by atoms with Gasteiger partial charge in [-0.2, -0.15) is 0 Å². The number of nitrogens with one attached hydrogen (secondary N) is 1. The zero-order chi connectivity index (χ0) is 14.9. The second-order valence-electron chi connectivity index (χ2n) is 6.76. The molecular weight excluding hydrogens is 282 g/mol. The smallest absolute Gasteiger partial charge is 0.114 e. The Morgan fingerprint density at radius 3 is 2.95 bits per heavy atom. The summed E-state index contributed by atoms with van der Waals surface area (Å²) in [5, 5.41) is 15.3. The number of hydrogen-bond acceptors (Lipinski definition) is 5. The van der Waals surface area contributed by atoms with Crippen LogP contribution in [0.4, 0.5) is 0 Å². The molecule has 2 aromatic rings. The molecule has 0 aromatic carbocycles. The van der Waals surface area contributed by atoms with Crippen LogP contribution in [0.3, 0.4) is 0 Å². The lowest BCUT2D eigenvalue weighted by atomic mass is 9.93. The molecule has 0 bridgehead atoms. The van der Waals surface area contributed by atoms with E-state index >= 15 is 0 Å². The van der Waals surface area contributed by atoms with E-state index in [9.17, 15) is 0 Å². The summed E-state index contributed by atoms with van der Waals surface area (Å²) in [6.45, 7) is 9.43. The van der Waals surface area contributed by atoms with E-state index < -0.39 is 0 Å². The average molecular weight is 305 g/mol. The highest BCUT2D eigenvalue weighted by Crippen LogP contribution is 2.25. The molecule has 1 aliphatic rings. The molecule has 3 rings (SSSR count). The van der Waals surface area contributed by atoms with Gasteiger partial charge in [-0.05, 0) is 19.4 Å². The van der Waals surface area contributed by atoms with Crippen molar-refractivity contribution in [1.29, 1.82) is 0 Å². The monoisotopic (exact) mass is 305 g/mol. The fraction of sp³-hybridized carbons (Fsp3) is 0.667. The second-order valence-corrected chi connectivity index (χ2v) is 7.70. The number of thiazole rings is 1. The Hall–Kier alpha value is -1.27. The minimum atomic E-state index is 0.107. The lowest BCUT2D eigenvalue weighted by Crippen LogP contribution is -2.28. The summed E-state index contributed by atoms with van der Waals surface area (Å²) in [6, 6.07) is 0. The topological polar surface area (TPSA) is 55.6 Å². The van der Waals surface area contributed by atoms with Crippen molar-refractivity contribution in [2.24, 2.45) is 0 Å². The van der Waals surface area contributed by atoms with Gasteiger partial charge in [0.05, 0.1) is 17.9 Å². The summed E-state index contributed by atoms with van der Waals surface area (Å²) in [6.07, 6.45) is 4.51. The van der Waals surface area contributed by atoms with Gasteiger partial charge in [0.15, 0.2) is 0 Å². The quantitative estimate of drug-likeness (QED) is 0.947. The van der Waals surface area contributed by atoms with Crippen molar-refractivity contribution in [2.75, 3.05) is 13.1 Å². The Balaban J connectivity index is 1.68. The normalized spacial score (nSPS) is 19.9. The lowest BCUT2D eigenvalue weighted by Gasteiger charge is -2.20. The van der Waals surface area contributed by atoms with Crippen molar-refractivity contribution < 1.29 is 0 Å². The van der Waals surface area contributed by atoms with Crippen molar-refractivity contribution in [3.05, 3.63) is 28.0 Å². The van der Waals surface area contributed by atoms with E-state index in [1.54, 1.807) is 11.3 Å². The molecule has 6 heteroatoms. The molecule has 0 unspecified atom stereocenters. The lowest BCUT2D eigenvalue weighted by molar-refractivity contribution is 0.454. The molecule has 0 aliphatic carbocycles. The molecule has 1 aliphatic heterocycles. The first kappa shape index (κ1) is 14.7. The van der Waals surface area contributed by atoms with Crippen LogP contribution in [0, 0.1) is 0 Å². The van der Waals surface area contributed by atoms with Crippen LogP contribution in [-0.2, 0) is 12.0 Å². The number of nitrogens with zero attached hydrogens (tertiary/aromatic N) is 4. The van der Waals surface area contributed by atoms with E-state index in [1.165, 1.54) is 12.8 Å². The van der Waals surface area contributed by atoms with Crippen LogP contribution in [-0.4, -0.2) is 33.1 Å². The van der Waals surface area contributed by atoms with Crippen molar-refractivity contribution in [3.63, 3.8) is 0 Å². The molecule has 0 amide bonds. The predicted octanol–water partition coefficient (Wildman–Crippen LogP) is 2.55. The van der Waals surface area contributed by atoms with E-state index in [2.05, 4.69) is 48.0 Å². The van der Waals surface area contributed by atoms with Gasteiger partial charge in [0.25, 0.3) is 0 Å². The van der Waals surface area contributed by atoms with Crippen LogP contribution < -0.4 is 5.32 Å².